The molecule has 0 radical (unpaired) electrons. The van der Waals surface area contributed by atoms with Gasteiger partial charge in [0.05, 0.1) is 0 Å². The molecule has 0 spiro atoms. The summed E-state index contributed by atoms with van der Waals surface area (Å²) in [4.78, 5) is 0. The monoisotopic (exact) mass is 152 g/mol. The van der Waals surface area contributed by atoms with Gasteiger partial charge in [-0.05, 0) is 36.5 Å². The van der Waals surface area contributed by atoms with E-state index in [1.807, 2.05) is 0 Å². The summed E-state index contributed by atoms with van der Waals surface area (Å²) in [6.45, 7) is 5.01. The van der Waals surface area contributed by atoms with Crippen molar-refractivity contribution in [2.75, 3.05) is 0 Å². The maximum atomic E-state index is 2.52. The summed E-state index contributed by atoms with van der Waals surface area (Å²) in [5.41, 5.74) is 0.737. The van der Waals surface area contributed by atoms with Gasteiger partial charge in [-0.2, -0.15) is 0 Å². The highest BCUT2D eigenvalue weighted by Gasteiger charge is 2.42. The number of hydrogen-bond acceptors (Lipinski definition) is 0. The first kappa shape index (κ1) is 7.64. The summed E-state index contributed by atoms with van der Waals surface area (Å²) in [7, 11) is 0. The molecule has 0 amide bonds. The molecule has 2 bridgehead atoms. The van der Waals surface area contributed by atoms with E-state index in [9.17, 15) is 0 Å². The lowest BCUT2D eigenvalue weighted by Crippen LogP contribution is -2.20. The van der Waals surface area contributed by atoms with Crippen molar-refractivity contribution in [2.45, 2.75) is 52.4 Å². The second kappa shape index (κ2) is 2.50. The third kappa shape index (κ3) is 1.11. The molecule has 0 saturated heterocycles. The minimum absolute atomic E-state index is 0.737. The molecule has 2 aliphatic rings. The smallest absolute Gasteiger partial charge is 0.0297 e. The second-order valence-electron chi connectivity index (χ2n) is 4.99. The van der Waals surface area contributed by atoms with Gasteiger partial charge in [-0.3, -0.25) is 0 Å². The summed E-state index contributed by atoms with van der Waals surface area (Å²) in [6, 6.07) is 0. The fourth-order valence-electron chi connectivity index (χ4n) is 3.24. The quantitative estimate of drug-likeness (QED) is 0.497. The van der Waals surface area contributed by atoms with E-state index in [4.69, 9.17) is 0 Å². The zero-order valence-electron chi connectivity index (χ0n) is 7.90. The summed E-state index contributed by atoms with van der Waals surface area (Å²) in [5.74, 6) is 2.10. The molecule has 0 heteroatoms. The van der Waals surface area contributed by atoms with Gasteiger partial charge in [-0.15, -0.1) is 0 Å². The standard InChI is InChI=1S/C11H20/c1-9-10-5-3-4-7-11(9,2)8-6-10/h9-10H,3-8H2,1-2H3/t9?,10?,11-/m0/s1. The Morgan fingerprint density at radius 2 is 1.91 bits per heavy atom. The molecule has 2 rings (SSSR count). The average molecular weight is 152 g/mol. The van der Waals surface area contributed by atoms with Gasteiger partial charge < -0.3 is 0 Å². The maximum absolute atomic E-state index is 2.52. The Hall–Kier alpha value is 0. The van der Waals surface area contributed by atoms with Crippen LogP contribution in [0.5, 0.6) is 0 Å². The Balaban J connectivity index is 2.18. The Morgan fingerprint density at radius 1 is 1.09 bits per heavy atom. The topological polar surface area (TPSA) is 0 Å². The highest BCUT2D eigenvalue weighted by molar-refractivity contribution is 4.93. The van der Waals surface area contributed by atoms with Gasteiger partial charge in [0.1, 0.15) is 0 Å². The van der Waals surface area contributed by atoms with Crippen LogP contribution in [0.25, 0.3) is 0 Å². The van der Waals surface area contributed by atoms with Crippen LogP contribution in [0, 0.1) is 17.3 Å². The third-order valence-corrected chi connectivity index (χ3v) is 4.47. The molecular formula is C11H20. The van der Waals surface area contributed by atoms with Gasteiger partial charge in [0.2, 0.25) is 0 Å². The van der Waals surface area contributed by atoms with Crippen LogP contribution in [0.15, 0.2) is 0 Å². The molecule has 0 aromatic rings. The van der Waals surface area contributed by atoms with E-state index in [0.29, 0.717) is 0 Å². The van der Waals surface area contributed by atoms with Crippen molar-refractivity contribution in [1.82, 2.24) is 0 Å². The first-order valence-corrected chi connectivity index (χ1v) is 5.22. The average Bonchev–Trinajstić information content (AvgIpc) is 2.13. The molecule has 2 saturated carbocycles. The van der Waals surface area contributed by atoms with Crippen molar-refractivity contribution in [2.24, 2.45) is 17.3 Å². The fraction of sp³-hybridized carbons (Fsp3) is 1.00. The van der Waals surface area contributed by atoms with Crippen LogP contribution in [0.1, 0.15) is 52.4 Å². The third-order valence-electron chi connectivity index (χ3n) is 4.47. The Bertz CT molecular complexity index is 148. The van der Waals surface area contributed by atoms with Crippen LogP contribution < -0.4 is 0 Å². The fourth-order valence-corrected chi connectivity index (χ4v) is 3.24. The summed E-state index contributed by atoms with van der Waals surface area (Å²) in [5, 5.41) is 0. The van der Waals surface area contributed by atoms with E-state index in [1.165, 1.54) is 38.5 Å². The van der Waals surface area contributed by atoms with E-state index in [1.54, 1.807) is 0 Å². The van der Waals surface area contributed by atoms with Crippen molar-refractivity contribution in [1.29, 1.82) is 0 Å². The molecule has 2 aliphatic carbocycles. The predicted octanol–water partition coefficient (Wildman–Crippen LogP) is 3.61. The summed E-state index contributed by atoms with van der Waals surface area (Å²) < 4.78 is 0. The van der Waals surface area contributed by atoms with E-state index in [-0.39, 0.29) is 0 Å². The lowest BCUT2D eigenvalue weighted by molar-refractivity contribution is 0.210. The van der Waals surface area contributed by atoms with Crippen LogP contribution in [-0.2, 0) is 0 Å². The number of fused-ring (bicyclic) bond motifs is 2. The van der Waals surface area contributed by atoms with Crippen LogP contribution in [0.2, 0.25) is 0 Å². The SMILES string of the molecule is CC1C2CCCC[C@@]1(C)CC2. The Labute approximate surface area is 70.4 Å². The molecule has 3 atom stereocenters. The Morgan fingerprint density at radius 3 is 2.73 bits per heavy atom. The zero-order chi connectivity index (χ0) is 7.90. The van der Waals surface area contributed by atoms with Crippen molar-refractivity contribution < 1.29 is 0 Å². The molecule has 0 aromatic heterocycles. The second-order valence-corrected chi connectivity index (χ2v) is 4.99. The lowest BCUT2D eigenvalue weighted by atomic mass is 9.76. The van der Waals surface area contributed by atoms with E-state index in [2.05, 4.69) is 13.8 Å². The number of rotatable bonds is 0. The van der Waals surface area contributed by atoms with E-state index in [0.717, 1.165) is 17.3 Å². The maximum Gasteiger partial charge on any atom is -0.0297 e. The largest absolute Gasteiger partial charge is 0.0617 e. The molecule has 0 aromatic carbocycles. The predicted molar refractivity (Wildman–Crippen MR) is 48.5 cm³/mol. The molecule has 0 nitrogen and oxygen atoms in total. The lowest BCUT2D eigenvalue weighted by Gasteiger charge is -2.29. The van der Waals surface area contributed by atoms with E-state index >= 15 is 0 Å². The summed E-state index contributed by atoms with van der Waals surface area (Å²) >= 11 is 0. The molecule has 2 fully saturated rings. The highest BCUT2D eigenvalue weighted by atomic mass is 14.5. The molecule has 2 unspecified atom stereocenters. The van der Waals surface area contributed by atoms with Crippen LogP contribution in [0.3, 0.4) is 0 Å². The molecule has 0 aliphatic heterocycles. The molecular weight excluding hydrogens is 132 g/mol. The normalized spacial score (nSPS) is 50.7. The first-order valence-electron chi connectivity index (χ1n) is 5.22. The van der Waals surface area contributed by atoms with Crippen molar-refractivity contribution in [3.8, 4) is 0 Å². The van der Waals surface area contributed by atoms with Gasteiger partial charge in [-0.1, -0.05) is 33.1 Å². The molecule has 11 heavy (non-hydrogen) atoms. The van der Waals surface area contributed by atoms with Gasteiger partial charge in [0, 0.05) is 0 Å². The minimum Gasteiger partial charge on any atom is -0.0617 e. The van der Waals surface area contributed by atoms with Gasteiger partial charge in [-0.25, -0.2) is 0 Å². The highest BCUT2D eigenvalue weighted by Crippen LogP contribution is 2.53. The first-order chi connectivity index (χ1) is 5.22. The van der Waals surface area contributed by atoms with Crippen LogP contribution in [-0.4, -0.2) is 0 Å². The molecule has 64 valence electrons. The van der Waals surface area contributed by atoms with E-state index < -0.39 is 0 Å². The van der Waals surface area contributed by atoms with Crippen LogP contribution >= 0.6 is 0 Å². The molecule has 0 heterocycles. The molecule has 0 N–H and O–H groups in total. The van der Waals surface area contributed by atoms with Gasteiger partial charge >= 0.3 is 0 Å². The van der Waals surface area contributed by atoms with Crippen molar-refractivity contribution in [3.05, 3.63) is 0 Å². The Kier molecular flexibility index (Phi) is 1.74. The number of hydrogen-bond donors (Lipinski definition) is 0. The zero-order valence-corrected chi connectivity index (χ0v) is 7.90. The summed E-state index contributed by atoms with van der Waals surface area (Å²) in [6.07, 6.45) is 9.07. The van der Waals surface area contributed by atoms with Crippen LogP contribution in [0.4, 0.5) is 0 Å². The van der Waals surface area contributed by atoms with Crippen molar-refractivity contribution >= 4 is 0 Å². The van der Waals surface area contributed by atoms with Gasteiger partial charge in [0.25, 0.3) is 0 Å². The van der Waals surface area contributed by atoms with Gasteiger partial charge in [0.15, 0.2) is 0 Å². The minimum atomic E-state index is 0.737. The van der Waals surface area contributed by atoms with Crippen molar-refractivity contribution in [3.63, 3.8) is 0 Å².